The Morgan fingerprint density at radius 2 is 2.00 bits per heavy atom. The third-order valence-corrected chi connectivity index (χ3v) is 3.52. The number of aromatic nitrogens is 1. The molecule has 1 aromatic carbocycles. The van der Waals surface area contributed by atoms with E-state index < -0.39 is 6.10 Å². The second-order valence-electron chi connectivity index (χ2n) is 3.90. The summed E-state index contributed by atoms with van der Waals surface area (Å²) in [5.41, 5.74) is 1.55. The number of nitrogens with zero attached hydrogens (tertiary/aromatic N) is 1. The first-order chi connectivity index (χ1) is 8.56. The maximum Gasteiger partial charge on any atom is 0.0845 e. The quantitative estimate of drug-likeness (QED) is 0.891. The number of hydrogen-bond donors (Lipinski definition) is 1. The molecule has 0 fully saturated rings. The molecule has 2 nitrogen and oxygen atoms in total. The number of pyridine rings is 1. The standard InChI is InChI=1S/C13H10BrCl2NO/c14-9-3-8(6-17-7-9)4-13(18)11-5-10(15)1-2-12(11)16/h1-3,5-7,13,18H,4H2. The van der Waals surface area contributed by atoms with Crippen molar-refractivity contribution in [3.8, 4) is 0 Å². The van der Waals surface area contributed by atoms with Crippen LogP contribution in [0, 0.1) is 0 Å². The summed E-state index contributed by atoms with van der Waals surface area (Å²) in [6, 6.07) is 6.97. The van der Waals surface area contributed by atoms with Crippen molar-refractivity contribution in [2.45, 2.75) is 12.5 Å². The zero-order chi connectivity index (χ0) is 13.1. The topological polar surface area (TPSA) is 33.1 Å². The highest BCUT2D eigenvalue weighted by atomic mass is 79.9. The molecule has 94 valence electrons. The summed E-state index contributed by atoms with van der Waals surface area (Å²) >= 11 is 15.3. The Morgan fingerprint density at radius 3 is 2.72 bits per heavy atom. The van der Waals surface area contributed by atoms with Gasteiger partial charge in [-0.05, 0) is 45.8 Å². The predicted octanol–water partition coefficient (Wildman–Crippen LogP) is 4.43. The molecule has 0 aliphatic rings. The van der Waals surface area contributed by atoms with Crippen molar-refractivity contribution >= 4 is 39.1 Å². The van der Waals surface area contributed by atoms with Crippen LogP contribution in [0.25, 0.3) is 0 Å². The highest BCUT2D eigenvalue weighted by molar-refractivity contribution is 9.10. The monoisotopic (exact) mass is 345 g/mol. The summed E-state index contributed by atoms with van der Waals surface area (Å²) in [4.78, 5) is 4.05. The van der Waals surface area contributed by atoms with E-state index >= 15 is 0 Å². The van der Waals surface area contributed by atoms with Crippen LogP contribution < -0.4 is 0 Å². The first-order valence-corrected chi connectivity index (χ1v) is 6.83. The Kier molecular flexibility index (Phi) is 4.62. The minimum Gasteiger partial charge on any atom is -0.388 e. The summed E-state index contributed by atoms with van der Waals surface area (Å²) in [5, 5.41) is 11.2. The van der Waals surface area contributed by atoms with E-state index in [0.717, 1.165) is 10.0 Å². The summed E-state index contributed by atoms with van der Waals surface area (Å²) in [6.45, 7) is 0. The number of hydrogen-bond acceptors (Lipinski definition) is 2. The lowest BCUT2D eigenvalue weighted by Crippen LogP contribution is -2.03. The normalized spacial score (nSPS) is 12.4. The average molecular weight is 347 g/mol. The SMILES string of the molecule is OC(Cc1cncc(Br)c1)c1cc(Cl)ccc1Cl. The van der Waals surface area contributed by atoms with E-state index in [1.165, 1.54) is 0 Å². The molecule has 1 aromatic heterocycles. The maximum absolute atomic E-state index is 10.2. The summed E-state index contributed by atoms with van der Waals surface area (Å²) in [5.74, 6) is 0. The van der Waals surface area contributed by atoms with Gasteiger partial charge in [0.15, 0.2) is 0 Å². The minimum absolute atomic E-state index is 0.437. The van der Waals surface area contributed by atoms with Crippen molar-refractivity contribution in [3.05, 3.63) is 62.3 Å². The molecule has 1 atom stereocenters. The summed E-state index contributed by atoms with van der Waals surface area (Å²) < 4.78 is 0.879. The molecule has 0 radical (unpaired) electrons. The number of aliphatic hydroxyl groups is 1. The van der Waals surface area contributed by atoms with E-state index in [-0.39, 0.29) is 0 Å². The van der Waals surface area contributed by atoms with Gasteiger partial charge in [-0.25, -0.2) is 0 Å². The zero-order valence-corrected chi connectivity index (χ0v) is 12.4. The van der Waals surface area contributed by atoms with Crippen LogP contribution in [-0.4, -0.2) is 10.1 Å². The Labute approximate surface area is 124 Å². The van der Waals surface area contributed by atoms with Crippen LogP contribution in [0.15, 0.2) is 41.1 Å². The molecule has 0 aliphatic carbocycles. The molecule has 5 heteroatoms. The molecule has 2 rings (SSSR count). The van der Waals surface area contributed by atoms with Gasteiger partial charge in [-0.15, -0.1) is 0 Å². The molecule has 0 saturated carbocycles. The van der Waals surface area contributed by atoms with Gasteiger partial charge in [0.2, 0.25) is 0 Å². The van der Waals surface area contributed by atoms with Gasteiger partial charge in [0.1, 0.15) is 0 Å². The second kappa shape index (κ2) is 6.02. The molecule has 0 bridgehead atoms. The minimum atomic E-state index is -0.702. The lowest BCUT2D eigenvalue weighted by atomic mass is 10.0. The van der Waals surface area contributed by atoms with E-state index in [2.05, 4.69) is 20.9 Å². The molecular weight excluding hydrogens is 337 g/mol. The van der Waals surface area contributed by atoms with Gasteiger partial charge in [0, 0.05) is 38.9 Å². The second-order valence-corrected chi connectivity index (χ2v) is 5.66. The van der Waals surface area contributed by atoms with Crippen molar-refractivity contribution in [2.75, 3.05) is 0 Å². The van der Waals surface area contributed by atoms with Crippen molar-refractivity contribution in [3.63, 3.8) is 0 Å². The first kappa shape index (κ1) is 13.8. The fourth-order valence-corrected chi connectivity index (χ4v) is 2.51. The Bertz CT molecular complexity index is 562. The van der Waals surface area contributed by atoms with E-state index in [0.29, 0.717) is 22.0 Å². The van der Waals surface area contributed by atoms with E-state index in [1.54, 1.807) is 30.6 Å². The molecule has 0 amide bonds. The average Bonchev–Trinajstić information content (AvgIpc) is 2.32. The number of rotatable bonds is 3. The van der Waals surface area contributed by atoms with Crippen molar-refractivity contribution in [2.24, 2.45) is 0 Å². The molecular formula is C13H10BrCl2NO. The molecule has 18 heavy (non-hydrogen) atoms. The molecule has 0 saturated heterocycles. The molecule has 0 aliphatic heterocycles. The van der Waals surface area contributed by atoms with Crippen LogP contribution in [-0.2, 0) is 6.42 Å². The van der Waals surface area contributed by atoms with E-state index in [1.807, 2.05) is 6.07 Å². The molecule has 1 heterocycles. The first-order valence-electron chi connectivity index (χ1n) is 5.28. The van der Waals surface area contributed by atoms with Crippen LogP contribution in [0.4, 0.5) is 0 Å². The van der Waals surface area contributed by atoms with Gasteiger partial charge in [-0.2, -0.15) is 0 Å². The zero-order valence-electron chi connectivity index (χ0n) is 9.28. The van der Waals surface area contributed by atoms with Crippen LogP contribution >= 0.6 is 39.1 Å². The molecule has 1 N–H and O–H groups in total. The predicted molar refractivity (Wildman–Crippen MR) is 77.1 cm³/mol. The van der Waals surface area contributed by atoms with Gasteiger partial charge in [0.05, 0.1) is 6.10 Å². The number of halogens is 3. The number of benzene rings is 1. The smallest absolute Gasteiger partial charge is 0.0845 e. The third-order valence-electron chi connectivity index (χ3n) is 2.51. The molecule has 1 unspecified atom stereocenters. The maximum atomic E-state index is 10.2. The van der Waals surface area contributed by atoms with Crippen LogP contribution in [0.1, 0.15) is 17.2 Å². The summed E-state index contributed by atoms with van der Waals surface area (Å²) in [6.07, 6.45) is 3.15. The van der Waals surface area contributed by atoms with Gasteiger partial charge in [-0.1, -0.05) is 23.2 Å². The summed E-state index contributed by atoms with van der Waals surface area (Å²) in [7, 11) is 0. The van der Waals surface area contributed by atoms with Crippen molar-refractivity contribution < 1.29 is 5.11 Å². The highest BCUT2D eigenvalue weighted by Gasteiger charge is 2.13. The van der Waals surface area contributed by atoms with Gasteiger partial charge in [0.25, 0.3) is 0 Å². The third kappa shape index (κ3) is 3.45. The largest absolute Gasteiger partial charge is 0.388 e. The van der Waals surface area contributed by atoms with Crippen molar-refractivity contribution in [1.29, 1.82) is 0 Å². The van der Waals surface area contributed by atoms with Crippen LogP contribution in [0.2, 0.25) is 10.0 Å². The Balaban J connectivity index is 2.21. The number of aliphatic hydroxyl groups excluding tert-OH is 1. The Morgan fingerprint density at radius 1 is 1.22 bits per heavy atom. The van der Waals surface area contributed by atoms with E-state index in [9.17, 15) is 5.11 Å². The highest BCUT2D eigenvalue weighted by Crippen LogP contribution is 2.28. The molecule has 2 aromatic rings. The van der Waals surface area contributed by atoms with Gasteiger partial charge >= 0.3 is 0 Å². The Hall–Kier alpha value is -0.610. The lowest BCUT2D eigenvalue weighted by Gasteiger charge is -2.13. The van der Waals surface area contributed by atoms with Crippen LogP contribution in [0.5, 0.6) is 0 Å². The fraction of sp³-hybridized carbons (Fsp3) is 0.154. The van der Waals surface area contributed by atoms with Gasteiger partial charge in [-0.3, -0.25) is 4.98 Å². The van der Waals surface area contributed by atoms with Gasteiger partial charge < -0.3 is 5.11 Å². The molecule has 0 spiro atoms. The lowest BCUT2D eigenvalue weighted by molar-refractivity contribution is 0.178. The van der Waals surface area contributed by atoms with Crippen molar-refractivity contribution in [1.82, 2.24) is 4.98 Å². The van der Waals surface area contributed by atoms with Crippen LogP contribution in [0.3, 0.4) is 0 Å². The van der Waals surface area contributed by atoms with E-state index in [4.69, 9.17) is 23.2 Å². The fourth-order valence-electron chi connectivity index (χ4n) is 1.67.